The van der Waals surface area contributed by atoms with Crippen molar-refractivity contribution >= 4 is 5.71 Å². The Bertz CT molecular complexity index is 198. The summed E-state index contributed by atoms with van der Waals surface area (Å²) in [6.45, 7) is 2.48. The third-order valence-electron chi connectivity index (χ3n) is 2.66. The van der Waals surface area contributed by atoms with E-state index in [-0.39, 0.29) is 6.10 Å². The zero-order chi connectivity index (χ0) is 11.6. The fourth-order valence-corrected chi connectivity index (χ4v) is 1.71. The van der Waals surface area contributed by atoms with Crippen LogP contribution in [-0.2, 0) is 14.2 Å². The number of hydrogen-bond donors (Lipinski definition) is 1. The SMILES string of the molecule is COCCOCCOC1CCC(=NO)CC1. The highest BCUT2D eigenvalue weighted by Gasteiger charge is 2.17. The number of ether oxygens (including phenoxy) is 3. The first-order valence-corrected chi connectivity index (χ1v) is 5.75. The van der Waals surface area contributed by atoms with Gasteiger partial charge < -0.3 is 19.4 Å². The number of hydrogen-bond acceptors (Lipinski definition) is 5. The van der Waals surface area contributed by atoms with Crippen LogP contribution < -0.4 is 0 Å². The average molecular weight is 231 g/mol. The maximum absolute atomic E-state index is 8.59. The molecular weight excluding hydrogens is 210 g/mol. The van der Waals surface area contributed by atoms with Crippen LogP contribution in [0, 0.1) is 0 Å². The second-order valence-corrected chi connectivity index (χ2v) is 3.84. The van der Waals surface area contributed by atoms with Gasteiger partial charge in [0.15, 0.2) is 0 Å². The lowest BCUT2D eigenvalue weighted by Crippen LogP contribution is -2.23. The molecule has 5 nitrogen and oxygen atoms in total. The zero-order valence-corrected chi connectivity index (χ0v) is 9.85. The van der Waals surface area contributed by atoms with Gasteiger partial charge in [0.25, 0.3) is 0 Å². The fourth-order valence-electron chi connectivity index (χ4n) is 1.71. The highest BCUT2D eigenvalue weighted by molar-refractivity contribution is 5.84. The van der Waals surface area contributed by atoms with Gasteiger partial charge in [-0.2, -0.15) is 0 Å². The molecule has 0 heterocycles. The summed E-state index contributed by atoms with van der Waals surface area (Å²) in [5, 5.41) is 11.8. The number of oxime groups is 1. The van der Waals surface area contributed by atoms with E-state index in [9.17, 15) is 0 Å². The van der Waals surface area contributed by atoms with Crippen LogP contribution in [0.4, 0.5) is 0 Å². The monoisotopic (exact) mass is 231 g/mol. The van der Waals surface area contributed by atoms with Crippen LogP contribution in [0.5, 0.6) is 0 Å². The van der Waals surface area contributed by atoms with Gasteiger partial charge in [-0.1, -0.05) is 5.16 Å². The van der Waals surface area contributed by atoms with E-state index in [1.54, 1.807) is 7.11 Å². The molecule has 0 saturated heterocycles. The van der Waals surface area contributed by atoms with Crippen LogP contribution in [0.3, 0.4) is 0 Å². The Morgan fingerprint density at radius 1 is 1.19 bits per heavy atom. The van der Waals surface area contributed by atoms with E-state index in [1.807, 2.05) is 0 Å². The lowest BCUT2D eigenvalue weighted by Gasteiger charge is -2.22. The first-order chi connectivity index (χ1) is 7.86. The Morgan fingerprint density at radius 2 is 1.88 bits per heavy atom. The molecule has 1 rings (SSSR count). The van der Waals surface area contributed by atoms with Crippen LogP contribution in [0.15, 0.2) is 5.16 Å². The molecule has 5 heteroatoms. The second-order valence-electron chi connectivity index (χ2n) is 3.84. The van der Waals surface area contributed by atoms with E-state index in [0.29, 0.717) is 26.4 Å². The maximum Gasteiger partial charge on any atom is 0.0704 e. The Kier molecular flexibility index (Phi) is 7.12. The molecule has 16 heavy (non-hydrogen) atoms. The molecule has 94 valence electrons. The van der Waals surface area contributed by atoms with E-state index < -0.39 is 0 Å². The van der Waals surface area contributed by atoms with E-state index in [2.05, 4.69) is 5.16 Å². The van der Waals surface area contributed by atoms with Crippen LogP contribution in [-0.4, -0.2) is 50.6 Å². The Hall–Kier alpha value is -0.650. The minimum absolute atomic E-state index is 0.288. The molecule has 0 unspecified atom stereocenters. The predicted molar refractivity (Wildman–Crippen MR) is 60.1 cm³/mol. The summed E-state index contributed by atoms with van der Waals surface area (Å²) in [7, 11) is 1.65. The van der Waals surface area contributed by atoms with Crippen molar-refractivity contribution in [3.05, 3.63) is 0 Å². The van der Waals surface area contributed by atoms with E-state index >= 15 is 0 Å². The molecular formula is C11H21NO4. The van der Waals surface area contributed by atoms with Gasteiger partial charge in [-0.3, -0.25) is 0 Å². The topological polar surface area (TPSA) is 60.3 Å². The van der Waals surface area contributed by atoms with Crippen LogP contribution >= 0.6 is 0 Å². The van der Waals surface area contributed by atoms with Crippen molar-refractivity contribution in [1.29, 1.82) is 0 Å². The van der Waals surface area contributed by atoms with Crippen molar-refractivity contribution in [2.75, 3.05) is 33.5 Å². The predicted octanol–water partition coefficient (Wildman–Crippen LogP) is 1.44. The van der Waals surface area contributed by atoms with Gasteiger partial charge >= 0.3 is 0 Å². The van der Waals surface area contributed by atoms with Gasteiger partial charge in [-0.25, -0.2) is 0 Å². The maximum atomic E-state index is 8.59. The van der Waals surface area contributed by atoms with Crippen LogP contribution in [0.2, 0.25) is 0 Å². The number of rotatable bonds is 7. The van der Waals surface area contributed by atoms with Crippen LogP contribution in [0.25, 0.3) is 0 Å². The number of nitrogens with zero attached hydrogens (tertiary/aromatic N) is 1. The minimum atomic E-state index is 0.288. The van der Waals surface area contributed by atoms with E-state index in [0.717, 1.165) is 31.4 Å². The molecule has 1 aliphatic carbocycles. The molecule has 1 fully saturated rings. The second kappa shape index (κ2) is 8.50. The van der Waals surface area contributed by atoms with E-state index in [4.69, 9.17) is 19.4 Å². The molecule has 1 aliphatic rings. The van der Waals surface area contributed by atoms with Gasteiger partial charge in [0.1, 0.15) is 0 Å². The van der Waals surface area contributed by atoms with Gasteiger partial charge in [0.2, 0.25) is 0 Å². The molecule has 0 amide bonds. The largest absolute Gasteiger partial charge is 0.411 e. The average Bonchev–Trinajstić information content (AvgIpc) is 2.34. The third kappa shape index (κ3) is 5.44. The zero-order valence-electron chi connectivity index (χ0n) is 9.85. The standard InChI is InChI=1S/C11H21NO4/c1-14-6-7-15-8-9-16-11-4-2-10(12-13)3-5-11/h11,13H,2-9H2,1H3. The summed E-state index contributed by atoms with van der Waals surface area (Å²) in [6.07, 6.45) is 3.85. The molecule has 0 spiro atoms. The highest BCUT2D eigenvalue weighted by atomic mass is 16.5. The fraction of sp³-hybridized carbons (Fsp3) is 0.909. The molecule has 1 saturated carbocycles. The smallest absolute Gasteiger partial charge is 0.0704 e. The molecule has 0 aromatic heterocycles. The molecule has 0 bridgehead atoms. The van der Waals surface area contributed by atoms with Crippen molar-refractivity contribution in [1.82, 2.24) is 0 Å². The Labute approximate surface area is 96.4 Å². The third-order valence-corrected chi connectivity index (χ3v) is 2.66. The summed E-state index contributed by atoms with van der Waals surface area (Å²) >= 11 is 0. The first-order valence-electron chi connectivity index (χ1n) is 5.75. The molecule has 0 aliphatic heterocycles. The lowest BCUT2D eigenvalue weighted by molar-refractivity contribution is -0.0125. The summed E-state index contributed by atoms with van der Waals surface area (Å²) in [6, 6.07) is 0. The molecule has 0 aromatic carbocycles. The highest BCUT2D eigenvalue weighted by Crippen LogP contribution is 2.18. The van der Waals surface area contributed by atoms with Crippen molar-refractivity contribution in [2.45, 2.75) is 31.8 Å². The van der Waals surface area contributed by atoms with Gasteiger partial charge in [-0.15, -0.1) is 0 Å². The quantitative estimate of drug-likeness (QED) is 0.409. The normalized spacial score (nSPS) is 21.1. The van der Waals surface area contributed by atoms with E-state index in [1.165, 1.54) is 0 Å². The van der Waals surface area contributed by atoms with Crippen molar-refractivity contribution < 1.29 is 19.4 Å². The number of methoxy groups -OCH3 is 1. The van der Waals surface area contributed by atoms with Gasteiger partial charge in [-0.05, 0) is 25.7 Å². The van der Waals surface area contributed by atoms with Crippen molar-refractivity contribution in [3.63, 3.8) is 0 Å². The van der Waals surface area contributed by atoms with Crippen molar-refractivity contribution in [2.24, 2.45) is 5.16 Å². The van der Waals surface area contributed by atoms with Crippen molar-refractivity contribution in [3.8, 4) is 0 Å². The molecule has 0 radical (unpaired) electrons. The summed E-state index contributed by atoms with van der Waals surface area (Å²) in [5.41, 5.74) is 0.885. The van der Waals surface area contributed by atoms with Gasteiger partial charge in [0, 0.05) is 7.11 Å². The Balaban J connectivity index is 1.94. The van der Waals surface area contributed by atoms with Crippen LogP contribution in [0.1, 0.15) is 25.7 Å². The van der Waals surface area contributed by atoms with Gasteiger partial charge in [0.05, 0.1) is 38.2 Å². The molecule has 1 N–H and O–H groups in total. The first kappa shape index (κ1) is 13.4. The lowest BCUT2D eigenvalue weighted by atomic mass is 9.96. The Morgan fingerprint density at radius 3 is 2.50 bits per heavy atom. The summed E-state index contributed by atoms with van der Waals surface area (Å²) in [4.78, 5) is 0. The minimum Gasteiger partial charge on any atom is -0.411 e. The molecule has 0 atom stereocenters. The molecule has 0 aromatic rings. The summed E-state index contributed by atoms with van der Waals surface area (Å²) in [5.74, 6) is 0. The summed E-state index contributed by atoms with van der Waals surface area (Å²) < 4.78 is 15.8.